The van der Waals surface area contributed by atoms with E-state index in [1.165, 1.54) is 17.3 Å². The van der Waals surface area contributed by atoms with Gasteiger partial charge in [0.25, 0.3) is 5.91 Å². The van der Waals surface area contributed by atoms with E-state index in [-0.39, 0.29) is 17.1 Å². The second-order valence-electron chi connectivity index (χ2n) is 10.7. The molecule has 0 bridgehead atoms. The summed E-state index contributed by atoms with van der Waals surface area (Å²) in [6, 6.07) is 30.4. The van der Waals surface area contributed by atoms with Crippen LogP contribution in [0.4, 0.5) is 0 Å². The Balaban J connectivity index is 1.35. The van der Waals surface area contributed by atoms with E-state index in [2.05, 4.69) is 90.0 Å². The van der Waals surface area contributed by atoms with Crippen molar-refractivity contribution in [3.8, 4) is 22.8 Å². The number of carbonyl (C=O) groups excluding carboxylic acids is 1. The van der Waals surface area contributed by atoms with Gasteiger partial charge in [-0.3, -0.25) is 9.36 Å². The van der Waals surface area contributed by atoms with Crippen LogP contribution in [0.25, 0.3) is 27.8 Å². The molecule has 208 valence electrons. The van der Waals surface area contributed by atoms with Gasteiger partial charge in [0.05, 0.1) is 18.6 Å². The van der Waals surface area contributed by atoms with Gasteiger partial charge in [-0.05, 0) is 64.6 Å². The topological polar surface area (TPSA) is 81.4 Å². The highest BCUT2D eigenvalue weighted by Gasteiger charge is 2.19. The third-order valence-electron chi connectivity index (χ3n) is 6.82. The van der Waals surface area contributed by atoms with Crippen LogP contribution in [0.3, 0.4) is 0 Å². The predicted molar refractivity (Wildman–Crippen MR) is 167 cm³/mol. The van der Waals surface area contributed by atoms with Crippen LogP contribution in [0.5, 0.6) is 5.75 Å². The quantitative estimate of drug-likeness (QED) is 0.125. The summed E-state index contributed by atoms with van der Waals surface area (Å²) in [5, 5.41) is 16.2. The Morgan fingerprint density at radius 1 is 0.927 bits per heavy atom. The van der Waals surface area contributed by atoms with E-state index >= 15 is 0 Å². The minimum atomic E-state index is -0.226. The van der Waals surface area contributed by atoms with Crippen LogP contribution in [-0.2, 0) is 10.2 Å². The average molecular weight is 564 g/mol. The molecular weight excluding hydrogens is 530 g/mol. The maximum Gasteiger partial charge on any atom is 0.250 e. The molecule has 5 aromatic rings. The van der Waals surface area contributed by atoms with Crippen molar-refractivity contribution in [2.24, 2.45) is 5.10 Å². The van der Waals surface area contributed by atoms with Crippen molar-refractivity contribution in [2.75, 3.05) is 12.9 Å². The van der Waals surface area contributed by atoms with Gasteiger partial charge in [0.2, 0.25) is 0 Å². The molecule has 0 saturated heterocycles. The van der Waals surface area contributed by atoms with Gasteiger partial charge in [0.1, 0.15) is 5.75 Å². The van der Waals surface area contributed by atoms with Gasteiger partial charge in [-0.25, -0.2) is 5.43 Å². The molecule has 1 amide bonds. The van der Waals surface area contributed by atoms with Crippen LogP contribution in [0.1, 0.15) is 38.8 Å². The first-order chi connectivity index (χ1) is 19.7. The Hall–Kier alpha value is -4.43. The Kier molecular flexibility index (Phi) is 8.21. The molecule has 0 aliphatic carbocycles. The number of amides is 1. The number of thioether (sulfide) groups is 1. The highest BCUT2D eigenvalue weighted by Crippen LogP contribution is 2.31. The highest BCUT2D eigenvalue weighted by atomic mass is 32.2. The summed E-state index contributed by atoms with van der Waals surface area (Å²) in [7, 11) is 1.64. The number of rotatable bonds is 8. The SMILES string of the molecule is COc1ccc(-n2c(SCC(=O)NN=C(C)c3ccc4ccccc4c3)nnc2-c2ccc(C(C)(C)C)cc2)cc1. The number of nitrogens with one attached hydrogen (secondary N) is 1. The Morgan fingerprint density at radius 2 is 1.63 bits per heavy atom. The first-order valence-corrected chi connectivity index (χ1v) is 14.4. The van der Waals surface area contributed by atoms with E-state index in [4.69, 9.17) is 4.74 Å². The fourth-order valence-electron chi connectivity index (χ4n) is 4.42. The van der Waals surface area contributed by atoms with Gasteiger partial charge >= 0.3 is 0 Å². The van der Waals surface area contributed by atoms with Crippen molar-refractivity contribution in [1.29, 1.82) is 0 Å². The van der Waals surface area contributed by atoms with Crippen LogP contribution < -0.4 is 10.2 Å². The van der Waals surface area contributed by atoms with Crippen molar-refractivity contribution in [1.82, 2.24) is 20.2 Å². The molecule has 41 heavy (non-hydrogen) atoms. The van der Waals surface area contributed by atoms with Crippen molar-refractivity contribution in [3.63, 3.8) is 0 Å². The van der Waals surface area contributed by atoms with Crippen LogP contribution in [-0.4, -0.2) is 39.2 Å². The summed E-state index contributed by atoms with van der Waals surface area (Å²) in [4.78, 5) is 12.8. The minimum Gasteiger partial charge on any atom is -0.497 e. The van der Waals surface area contributed by atoms with E-state index < -0.39 is 0 Å². The third-order valence-corrected chi connectivity index (χ3v) is 7.75. The Bertz CT molecular complexity index is 1700. The van der Waals surface area contributed by atoms with E-state index in [9.17, 15) is 4.79 Å². The molecular formula is C33H33N5O2S. The molecule has 0 spiro atoms. The summed E-state index contributed by atoms with van der Waals surface area (Å²) in [5.41, 5.74) is 7.47. The fraction of sp³-hybridized carbons (Fsp3) is 0.212. The third kappa shape index (κ3) is 6.49. The number of aromatic nitrogens is 3. The lowest BCUT2D eigenvalue weighted by atomic mass is 9.87. The summed E-state index contributed by atoms with van der Waals surface area (Å²) < 4.78 is 7.31. The molecule has 0 unspecified atom stereocenters. The summed E-state index contributed by atoms with van der Waals surface area (Å²) in [6.45, 7) is 8.45. The molecule has 0 radical (unpaired) electrons. The summed E-state index contributed by atoms with van der Waals surface area (Å²) >= 11 is 1.31. The first-order valence-electron chi connectivity index (χ1n) is 13.4. The number of nitrogens with zero attached hydrogens (tertiary/aromatic N) is 4. The molecule has 1 N–H and O–H groups in total. The highest BCUT2D eigenvalue weighted by molar-refractivity contribution is 7.99. The van der Waals surface area contributed by atoms with Gasteiger partial charge in [0, 0.05) is 11.3 Å². The maximum absolute atomic E-state index is 12.8. The molecule has 0 atom stereocenters. The smallest absolute Gasteiger partial charge is 0.250 e. The van der Waals surface area contributed by atoms with Crippen molar-refractivity contribution in [3.05, 3.63) is 102 Å². The van der Waals surface area contributed by atoms with Crippen LogP contribution in [0.15, 0.2) is 101 Å². The molecule has 0 saturated carbocycles. The van der Waals surface area contributed by atoms with Crippen LogP contribution >= 0.6 is 11.8 Å². The van der Waals surface area contributed by atoms with E-state index in [1.54, 1.807) is 7.11 Å². The van der Waals surface area contributed by atoms with Gasteiger partial charge in [0.15, 0.2) is 11.0 Å². The number of carbonyl (C=O) groups is 1. The molecule has 7 nitrogen and oxygen atoms in total. The van der Waals surface area contributed by atoms with E-state index in [0.717, 1.165) is 39.0 Å². The minimum absolute atomic E-state index is 0.0473. The molecule has 0 fully saturated rings. The molecule has 8 heteroatoms. The second kappa shape index (κ2) is 12.0. The number of ether oxygens (including phenoxy) is 1. The molecule has 0 aliphatic heterocycles. The average Bonchev–Trinajstić information content (AvgIpc) is 3.42. The number of methoxy groups -OCH3 is 1. The van der Waals surface area contributed by atoms with Crippen LogP contribution in [0.2, 0.25) is 0 Å². The van der Waals surface area contributed by atoms with Gasteiger partial charge in [-0.1, -0.05) is 93.2 Å². The second-order valence-corrected chi connectivity index (χ2v) is 11.7. The van der Waals surface area contributed by atoms with E-state index in [1.807, 2.05) is 54.0 Å². The largest absolute Gasteiger partial charge is 0.497 e. The summed E-state index contributed by atoms with van der Waals surface area (Å²) in [6.07, 6.45) is 0. The normalized spacial score (nSPS) is 12.0. The Labute approximate surface area is 244 Å². The predicted octanol–water partition coefficient (Wildman–Crippen LogP) is 7.03. The summed E-state index contributed by atoms with van der Waals surface area (Å²) in [5.74, 6) is 1.36. The zero-order valence-corrected chi connectivity index (χ0v) is 24.7. The number of benzene rings is 4. The monoisotopic (exact) mass is 563 g/mol. The van der Waals surface area contributed by atoms with Crippen molar-refractivity contribution in [2.45, 2.75) is 38.3 Å². The number of hydrogen-bond donors (Lipinski definition) is 1. The molecule has 4 aromatic carbocycles. The molecule has 1 aromatic heterocycles. The van der Waals surface area contributed by atoms with Gasteiger partial charge in [-0.2, -0.15) is 5.10 Å². The first kappa shape index (κ1) is 28.1. The molecule has 0 aliphatic rings. The van der Waals surface area contributed by atoms with Crippen LogP contribution in [0, 0.1) is 0 Å². The van der Waals surface area contributed by atoms with Crippen molar-refractivity contribution >= 4 is 34.2 Å². The van der Waals surface area contributed by atoms with Crippen molar-refractivity contribution < 1.29 is 9.53 Å². The van der Waals surface area contributed by atoms with E-state index in [0.29, 0.717) is 11.0 Å². The number of hydrogen-bond acceptors (Lipinski definition) is 6. The number of fused-ring (bicyclic) bond motifs is 1. The number of hydrazone groups is 1. The lowest BCUT2D eigenvalue weighted by molar-refractivity contribution is -0.118. The standard InChI is InChI=1S/C33H33N5O2S/c1-22(25-11-10-23-8-6-7-9-26(23)20-25)34-35-30(39)21-41-32-37-36-31(24-12-14-27(15-13-24)33(2,3)4)38(32)28-16-18-29(40-5)19-17-28/h6-20H,21H2,1-5H3,(H,35,39). The zero-order valence-electron chi connectivity index (χ0n) is 23.9. The fourth-order valence-corrected chi connectivity index (χ4v) is 5.17. The van der Waals surface area contributed by atoms with Gasteiger partial charge < -0.3 is 4.74 Å². The lowest BCUT2D eigenvalue weighted by Crippen LogP contribution is -2.21. The molecule has 5 rings (SSSR count). The zero-order chi connectivity index (χ0) is 29.0. The van der Waals surface area contributed by atoms with Gasteiger partial charge in [-0.15, -0.1) is 10.2 Å². The Morgan fingerprint density at radius 3 is 2.32 bits per heavy atom. The lowest BCUT2D eigenvalue weighted by Gasteiger charge is -2.19. The molecule has 1 heterocycles. The maximum atomic E-state index is 12.8.